The Labute approximate surface area is 282 Å². The maximum absolute atomic E-state index is 2.47. The third-order valence-corrected chi connectivity index (χ3v) is 11.7. The van der Waals surface area contributed by atoms with Crippen LogP contribution in [0.4, 0.5) is 0 Å². The maximum Gasteiger partial charge on any atom is 0.0159 e. The van der Waals surface area contributed by atoms with Crippen LogP contribution in [-0.2, 0) is 10.8 Å². The smallest absolute Gasteiger partial charge is 0.0159 e. The van der Waals surface area contributed by atoms with Crippen molar-refractivity contribution in [3.63, 3.8) is 0 Å². The van der Waals surface area contributed by atoms with Gasteiger partial charge >= 0.3 is 0 Å². The van der Waals surface area contributed by atoms with Crippen LogP contribution in [0, 0.1) is 0 Å². The highest BCUT2D eigenvalue weighted by molar-refractivity contribution is 6.13. The molecule has 0 radical (unpaired) electrons. The van der Waals surface area contributed by atoms with Gasteiger partial charge in [0.25, 0.3) is 0 Å². The van der Waals surface area contributed by atoms with E-state index in [0.29, 0.717) is 0 Å². The summed E-state index contributed by atoms with van der Waals surface area (Å²) in [5.74, 6) is 0. The second-order valence-electron chi connectivity index (χ2n) is 14.9. The van der Waals surface area contributed by atoms with E-state index in [1.807, 2.05) is 0 Å². The fraction of sp³-hybridized carbons (Fsp3) is 0.125. The zero-order valence-corrected chi connectivity index (χ0v) is 27.9. The van der Waals surface area contributed by atoms with Crippen LogP contribution in [-0.4, -0.2) is 0 Å². The largest absolute Gasteiger partial charge is 0.0616 e. The zero-order valence-electron chi connectivity index (χ0n) is 27.9. The van der Waals surface area contributed by atoms with E-state index in [1.165, 1.54) is 99.1 Å². The van der Waals surface area contributed by atoms with Crippen molar-refractivity contribution in [1.29, 1.82) is 0 Å². The Morgan fingerprint density at radius 1 is 0.312 bits per heavy atom. The molecule has 0 amide bonds. The lowest BCUT2D eigenvalue weighted by molar-refractivity contribution is 0.633. The number of rotatable bonds is 2. The molecule has 0 saturated heterocycles. The molecule has 2 aliphatic rings. The van der Waals surface area contributed by atoms with Crippen LogP contribution in [0.15, 0.2) is 146 Å². The molecule has 0 fully saturated rings. The molecule has 48 heavy (non-hydrogen) atoms. The van der Waals surface area contributed by atoms with Crippen LogP contribution in [0.1, 0.15) is 49.9 Å². The summed E-state index contributed by atoms with van der Waals surface area (Å²) in [6, 6.07) is 54.9. The Kier molecular flexibility index (Phi) is 5.50. The summed E-state index contributed by atoms with van der Waals surface area (Å²) >= 11 is 0. The average molecular weight is 613 g/mol. The van der Waals surface area contributed by atoms with Gasteiger partial charge in [-0.25, -0.2) is 0 Å². The summed E-state index contributed by atoms with van der Waals surface area (Å²) in [5.41, 5.74) is 15.9. The van der Waals surface area contributed by atoms with Crippen LogP contribution in [0.25, 0.3) is 76.8 Å². The topological polar surface area (TPSA) is 0 Å². The van der Waals surface area contributed by atoms with Crippen molar-refractivity contribution in [2.24, 2.45) is 0 Å². The Balaban J connectivity index is 1.19. The monoisotopic (exact) mass is 612 g/mol. The van der Waals surface area contributed by atoms with E-state index >= 15 is 0 Å². The van der Waals surface area contributed by atoms with Crippen molar-refractivity contribution < 1.29 is 0 Å². The van der Waals surface area contributed by atoms with Crippen LogP contribution in [0.5, 0.6) is 0 Å². The number of benzene rings is 8. The fourth-order valence-corrected chi connectivity index (χ4v) is 9.16. The maximum atomic E-state index is 2.47. The van der Waals surface area contributed by atoms with Crippen LogP contribution in [0.2, 0.25) is 0 Å². The first-order valence-electron chi connectivity index (χ1n) is 17.2. The molecule has 0 bridgehead atoms. The van der Waals surface area contributed by atoms with Gasteiger partial charge in [-0.1, -0.05) is 161 Å². The summed E-state index contributed by atoms with van der Waals surface area (Å²) in [4.78, 5) is 0. The van der Waals surface area contributed by atoms with Gasteiger partial charge in [-0.05, 0) is 111 Å². The lowest BCUT2D eigenvalue weighted by atomic mass is 9.62. The van der Waals surface area contributed by atoms with E-state index in [2.05, 4.69) is 173 Å². The second kappa shape index (κ2) is 9.55. The molecule has 0 heteroatoms. The Hall–Kier alpha value is -5.46. The SMILES string of the molecule is CC1(C)c2cc(-c3cccc4ccccc34)ccc2-c2ccc3c4c(ccc1c24)C(C)(C)c1cc(-c2cccc4ccccc24)ccc1-3. The molecule has 0 saturated carbocycles. The van der Waals surface area contributed by atoms with E-state index in [4.69, 9.17) is 0 Å². The first kappa shape index (κ1) is 27.6. The van der Waals surface area contributed by atoms with Gasteiger partial charge in [0.05, 0.1) is 0 Å². The minimum Gasteiger partial charge on any atom is -0.0616 e. The van der Waals surface area contributed by atoms with Gasteiger partial charge in [-0.3, -0.25) is 0 Å². The summed E-state index contributed by atoms with van der Waals surface area (Å²) in [6.45, 7) is 9.68. The first-order valence-corrected chi connectivity index (χ1v) is 17.2. The third-order valence-electron chi connectivity index (χ3n) is 11.7. The summed E-state index contributed by atoms with van der Waals surface area (Å²) in [7, 11) is 0. The molecule has 0 atom stereocenters. The standard InChI is InChI=1S/C48H36/c1-47(2)41-25-26-42-46-40(38-22-20-32(28-44(38)48(42,3)4)36-18-10-14-30-12-6-8-16-34(30)36)24-23-39(45(41)46)37-21-19-31(27-43(37)47)35-17-9-13-29-11-5-7-15-33(29)35/h5-28H,1-4H3. The average Bonchev–Trinajstić information content (AvgIpc) is 3.12. The third kappa shape index (κ3) is 3.61. The summed E-state index contributed by atoms with van der Waals surface area (Å²) in [5, 5.41) is 8.02. The Morgan fingerprint density at radius 3 is 1.17 bits per heavy atom. The summed E-state index contributed by atoms with van der Waals surface area (Å²) in [6.07, 6.45) is 0. The van der Waals surface area contributed by atoms with Crippen LogP contribution < -0.4 is 0 Å². The molecule has 0 unspecified atom stereocenters. The molecule has 0 heterocycles. The minimum atomic E-state index is -0.150. The quantitative estimate of drug-likeness (QED) is 0.182. The van der Waals surface area contributed by atoms with Gasteiger partial charge in [-0.2, -0.15) is 0 Å². The lowest BCUT2D eigenvalue weighted by Crippen LogP contribution is -2.28. The van der Waals surface area contributed by atoms with E-state index in [0.717, 1.165) is 0 Å². The zero-order chi connectivity index (χ0) is 32.4. The second-order valence-corrected chi connectivity index (χ2v) is 14.9. The molecule has 0 aromatic heterocycles. The van der Waals surface area contributed by atoms with Crippen molar-refractivity contribution in [1.82, 2.24) is 0 Å². The molecular weight excluding hydrogens is 577 g/mol. The van der Waals surface area contributed by atoms with E-state index in [-0.39, 0.29) is 10.8 Å². The Morgan fingerprint density at radius 2 is 0.708 bits per heavy atom. The summed E-state index contributed by atoms with van der Waals surface area (Å²) < 4.78 is 0. The lowest BCUT2D eigenvalue weighted by Gasteiger charge is -2.41. The first-order chi connectivity index (χ1) is 23.3. The van der Waals surface area contributed by atoms with Crippen molar-refractivity contribution in [2.75, 3.05) is 0 Å². The van der Waals surface area contributed by atoms with Crippen LogP contribution in [0.3, 0.4) is 0 Å². The molecule has 0 nitrogen and oxygen atoms in total. The molecule has 8 aromatic carbocycles. The van der Waals surface area contributed by atoms with Gasteiger partial charge in [0.2, 0.25) is 0 Å². The van der Waals surface area contributed by atoms with Gasteiger partial charge in [0.15, 0.2) is 0 Å². The van der Waals surface area contributed by atoms with Gasteiger partial charge < -0.3 is 0 Å². The normalized spacial score (nSPS) is 15.0. The number of hydrogen-bond acceptors (Lipinski definition) is 0. The predicted molar refractivity (Wildman–Crippen MR) is 205 cm³/mol. The molecule has 0 N–H and O–H groups in total. The molecule has 228 valence electrons. The van der Waals surface area contributed by atoms with Crippen molar-refractivity contribution in [3.05, 3.63) is 168 Å². The van der Waals surface area contributed by atoms with Gasteiger partial charge in [0, 0.05) is 10.8 Å². The fourth-order valence-electron chi connectivity index (χ4n) is 9.16. The molecule has 8 aromatic rings. The minimum absolute atomic E-state index is 0.150. The van der Waals surface area contributed by atoms with Crippen molar-refractivity contribution in [2.45, 2.75) is 38.5 Å². The highest BCUT2D eigenvalue weighted by Crippen LogP contribution is 2.56. The van der Waals surface area contributed by atoms with Gasteiger partial charge in [-0.15, -0.1) is 0 Å². The van der Waals surface area contributed by atoms with E-state index in [9.17, 15) is 0 Å². The van der Waals surface area contributed by atoms with E-state index in [1.54, 1.807) is 0 Å². The Bertz CT molecular complexity index is 2470. The highest BCUT2D eigenvalue weighted by Gasteiger charge is 2.39. The highest BCUT2D eigenvalue weighted by atomic mass is 14.4. The van der Waals surface area contributed by atoms with Crippen molar-refractivity contribution >= 4 is 32.3 Å². The van der Waals surface area contributed by atoms with Crippen molar-refractivity contribution in [3.8, 4) is 44.5 Å². The predicted octanol–water partition coefficient (Wildman–Crippen LogP) is 13.1. The molecule has 0 aliphatic heterocycles. The number of hydrogen-bond donors (Lipinski definition) is 0. The molecule has 10 rings (SSSR count). The van der Waals surface area contributed by atoms with Crippen LogP contribution >= 0.6 is 0 Å². The molecular formula is C48H36. The number of fused-ring (bicyclic) bond motifs is 6. The van der Waals surface area contributed by atoms with E-state index < -0.39 is 0 Å². The molecule has 2 aliphatic carbocycles. The molecule has 0 spiro atoms. The van der Waals surface area contributed by atoms with Gasteiger partial charge in [0.1, 0.15) is 0 Å².